The van der Waals surface area contributed by atoms with E-state index in [1.807, 2.05) is 34.9 Å². The van der Waals surface area contributed by atoms with Gasteiger partial charge in [0.15, 0.2) is 0 Å². The molecule has 2 aliphatic heterocycles. The molecule has 8 nitrogen and oxygen atoms in total. The van der Waals surface area contributed by atoms with E-state index in [1.165, 1.54) is 0 Å². The molecule has 2 aromatic rings. The molecular formula is C27H38ClN5O3. The average molecular weight is 516 g/mol. The lowest BCUT2D eigenvalue weighted by Gasteiger charge is -2.40. The zero-order valence-corrected chi connectivity index (χ0v) is 22.6. The first kappa shape index (κ1) is 26.5. The van der Waals surface area contributed by atoms with Crippen LogP contribution in [0.3, 0.4) is 0 Å². The minimum Gasteiger partial charge on any atom is -0.490 e. The van der Waals surface area contributed by atoms with Gasteiger partial charge in [0.1, 0.15) is 17.5 Å². The number of rotatable bonds is 7. The van der Waals surface area contributed by atoms with Crippen LogP contribution in [0.15, 0.2) is 30.3 Å². The average Bonchev–Trinajstić information content (AvgIpc) is 3.31. The first-order chi connectivity index (χ1) is 17.2. The molecule has 196 valence electrons. The summed E-state index contributed by atoms with van der Waals surface area (Å²) >= 11 is 6.05. The third kappa shape index (κ3) is 6.21. The summed E-state index contributed by atoms with van der Waals surface area (Å²) in [5.41, 5.74) is 1.53. The van der Waals surface area contributed by atoms with E-state index in [-0.39, 0.29) is 29.8 Å². The molecular weight excluding hydrogens is 478 g/mol. The lowest BCUT2D eigenvalue weighted by Crippen LogP contribution is -2.51. The van der Waals surface area contributed by atoms with Gasteiger partial charge >= 0.3 is 0 Å². The van der Waals surface area contributed by atoms with Crippen molar-refractivity contribution in [3.05, 3.63) is 46.7 Å². The Kier molecular flexibility index (Phi) is 8.57. The van der Waals surface area contributed by atoms with Gasteiger partial charge in [-0.05, 0) is 50.2 Å². The fourth-order valence-corrected chi connectivity index (χ4v) is 5.06. The van der Waals surface area contributed by atoms with Gasteiger partial charge in [0.05, 0.1) is 5.69 Å². The molecule has 0 radical (unpaired) electrons. The molecule has 0 spiro atoms. The quantitative estimate of drug-likeness (QED) is 0.561. The van der Waals surface area contributed by atoms with Gasteiger partial charge in [-0.15, -0.1) is 0 Å². The van der Waals surface area contributed by atoms with Crippen LogP contribution in [0.5, 0.6) is 5.75 Å². The molecule has 2 aliphatic rings. The fourth-order valence-electron chi connectivity index (χ4n) is 4.94. The number of carbonyl (C=O) groups is 2. The number of piperidine rings is 1. The van der Waals surface area contributed by atoms with E-state index < -0.39 is 0 Å². The highest BCUT2D eigenvalue weighted by Crippen LogP contribution is 2.28. The number of ether oxygens (including phenoxy) is 1. The molecule has 3 heterocycles. The number of benzene rings is 1. The Morgan fingerprint density at radius 3 is 2.42 bits per heavy atom. The summed E-state index contributed by atoms with van der Waals surface area (Å²) in [4.78, 5) is 32.9. The summed E-state index contributed by atoms with van der Waals surface area (Å²) in [6, 6.07) is 9.23. The summed E-state index contributed by atoms with van der Waals surface area (Å²) < 4.78 is 8.14. The molecule has 2 amide bonds. The minimum absolute atomic E-state index is 0.0294. The van der Waals surface area contributed by atoms with Crippen LogP contribution in [0, 0.1) is 5.92 Å². The van der Waals surface area contributed by atoms with E-state index in [2.05, 4.69) is 30.9 Å². The second-order valence-corrected chi connectivity index (χ2v) is 10.7. The third-order valence-corrected chi connectivity index (χ3v) is 7.51. The highest BCUT2D eigenvalue weighted by atomic mass is 35.5. The van der Waals surface area contributed by atoms with E-state index in [0.717, 1.165) is 37.6 Å². The summed E-state index contributed by atoms with van der Waals surface area (Å²) in [6.45, 7) is 11.1. The molecule has 4 rings (SSSR count). The number of nitrogens with zero attached hydrogens (tertiary/aromatic N) is 5. The van der Waals surface area contributed by atoms with Crippen LogP contribution in [-0.4, -0.2) is 88.7 Å². The van der Waals surface area contributed by atoms with E-state index in [9.17, 15) is 9.59 Å². The van der Waals surface area contributed by atoms with Crippen molar-refractivity contribution < 1.29 is 14.3 Å². The first-order valence-corrected chi connectivity index (χ1v) is 13.4. The lowest BCUT2D eigenvalue weighted by molar-refractivity contribution is -0.135. The lowest BCUT2D eigenvalue weighted by atomic mass is 9.90. The number of amides is 2. The number of aromatic nitrogens is 2. The van der Waals surface area contributed by atoms with Crippen LogP contribution in [0.2, 0.25) is 5.02 Å². The second kappa shape index (κ2) is 11.6. The standard InChI is InChI=1S/C27H38ClN5O3/c1-5-33-24(17-23(29-33)19(2)3)27(35)32-11-10-25(36-22-8-6-21(28)7-9-22)20(18-32)16-26(34)31-14-12-30(4)13-15-31/h6-9,17,19-20,25H,5,10-16,18H2,1-4H3/t20-,25-/m0/s1. The monoisotopic (exact) mass is 515 g/mol. The highest BCUT2D eigenvalue weighted by molar-refractivity contribution is 6.30. The van der Waals surface area contributed by atoms with Crippen molar-refractivity contribution in [1.29, 1.82) is 0 Å². The zero-order chi connectivity index (χ0) is 25.8. The number of hydrogen-bond donors (Lipinski definition) is 0. The Morgan fingerprint density at radius 1 is 1.08 bits per heavy atom. The summed E-state index contributed by atoms with van der Waals surface area (Å²) in [5, 5.41) is 5.28. The van der Waals surface area contributed by atoms with Crippen LogP contribution < -0.4 is 4.74 Å². The van der Waals surface area contributed by atoms with Crippen molar-refractivity contribution >= 4 is 23.4 Å². The van der Waals surface area contributed by atoms with Gasteiger partial charge in [-0.2, -0.15) is 5.10 Å². The molecule has 9 heteroatoms. The number of hydrogen-bond acceptors (Lipinski definition) is 5. The third-order valence-electron chi connectivity index (χ3n) is 7.25. The molecule has 2 saturated heterocycles. The second-order valence-electron chi connectivity index (χ2n) is 10.2. The molecule has 2 atom stereocenters. The van der Waals surface area contributed by atoms with E-state index in [0.29, 0.717) is 43.2 Å². The number of halogens is 1. The molecule has 1 aromatic heterocycles. The van der Waals surface area contributed by atoms with Gasteiger partial charge in [-0.3, -0.25) is 14.3 Å². The van der Waals surface area contributed by atoms with E-state index in [1.54, 1.807) is 16.8 Å². The summed E-state index contributed by atoms with van der Waals surface area (Å²) in [7, 11) is 2.08. The zero-order valence-electron chi connectivity index (χ0n) is 21.8. The summed E-state index contributed by atoms with van der Waals surface area (Å²) in [5.74, 6) is 0.975. The molecule has 0 N–H and O–H groups in total. The van der Waals surface area contributed by atoms with E-state index in [4.69, 9.17) is 16.3 Å². The molecule has 0 bridgehead atoms. The smallest absolute Gasteiger partial charge is 0.272 e. The maximum atomic E-state index is 13.6. The largest absolute Gasteiger partial charge is 0.490 e. The number of likely N-dealkylation sites (tertiary alicyclic amines) is 1. The molecule has 0 aliphatic carbocycles. The van der Waals surface area contributed by atoms with Gasteiger partial charge in [-0.1, -0.05) is 25.4 Å². The van der Waals surface area contributed by atoms with Crippen LogP contribution >= 0.6 is 11.6 Å². The number of likely N-dealkylation sites (N-methyl/N-ethyl adjacent to an activating group) is 1. The van der Waals surface area contributed by atoms with Crippen molar-refractivity contribution in [2.24, 2.45) is 5.92 Å². The fraction of sp³-hybridized carbons (Fsp3) is 0.593. The maximum absolute atomic E-state index is 13.6. The SMILES string of the molecule is CCn1nc(C(C)C)cc1C(=O)N1CC[C@H](Oc2ccc(Cl)cc2)[C@@H](CC(=O)N2CCN(C)CC2)C1. The van der Waals surface area contributed by atoms with Crippen molar-refractivity contribution in [1.82, 2.24) is 24.5 Å². The van der Waals surface area contributed by atoms with Crippen molar-refractivity contribution in [2.75, 3.05) is 46.3 Å². The Bertz CT molecular complexity index is 1050. The molecule has 36 heavy (non-hydrogen) atoms. The van der Waals surface area contributed by atoms with Gasteiger partial charge in [0.25, 0.3) is 5.91 Å². The number of aryl methyl sites for hydroxylation is 1. The van der Waals surface area contributed by atoms with Crippen LogP contribution in [0.1, 0.15) is 55.7 Å². The van der Waals surface area contributed by atoms with Crippen molar-refractivity contribution in [3.63, 3.8) is 0 Å². The van der Waals surface area contributed by atoms with Crippen LogP contribution in [0.25, 0.3) is 0 Å². The highest BCUT2D eigenvalue weighted by Gasteiger charge is 2.37. The molecule has 1 aromatic carbocycles. The maximum Gasteiger partial charge on any atom is 0.272 e. The molecule has 0 unspecified atom stereocenters. The van der Waals surface area contributed by atoms with Crippen molar-refractivity contribution in [3.8, 4) is 5.75 Å². The van der Waals surface area contributed by atoms with Crippen LogP contribution in [-0.2, 0) is 11.3 Å². The van der Waals surface area contributed by atoms with Crippen molar-refractivity contribution in [2.45, 2.75) is 52.2 Å². The van der Waals surface area contributed by atoms with Crippen LogP contribution in [0.4, 0.5) is 0 Å². The molecule has 2 fully saturated rings. The minimum atomic E-state index is -0.158. The Labute approximate surface area is 219 Å². The predicted octanol–water partition coefficient (Wildman–Crippen LogP) is 3.75. The first-order valence-electron chi connectivity index (χ1n) is 13.0. The summed E-state index contributed by atoms with van der Waals surface area (Å²) in [6.07, 6.45) is 0.858. The Morgan fingerprint density at radius 2 is 1.78 bits per heavy atom. The van der Waals surface area contributed by atoms with Gasteiger partial charge in [0, 0.05) is 69.6 Å². The van der Waals surface area contributed by atoms with Gasteiger partial charge in [0.2, 0.25) is 5.91 Å². The Hall–Kier alpha value is -2.58. The topological polar surface area (TPSA) is 70.9 Å². The number of piperazine rings is 1. The number of carbonyl (C=O) groups excluding carboxylic acids is 2. The normalized spacial score (nSPS) is 21.2. The Balaban J connectivity index is 1.51. The van der Waals surface area contributed by atoms with E-state index >= 15 is 0 Å². The van der Waals surface area contributed by atoms with Gasteiger partial charge < -0.3 is 19.4 Å². The predicted molar refractivity (Wildman–Crippen MR) is 141 cm³/mol. The molecule has 0 saturated carbocycles. The van der Waals surface area contributed by atoms with Gasteiger partial charge in [-0.25, -0.2) is 0 Å².